The highest BCUT2D eigenvalue weighted by molar-refractivity contribution is 7.10. The Balaban J connectivity index is 1.45. The molecule has 0 aliphatic heterocycles. The summed E-state index contributed by atoms with van der Waals surface area (Å²) in [7, 11) is 1.66. The van der Waals surface area contributed by atoms with Gasteiger partial charge in [0.15, 0.2) is 6.54 Å². The summed E-state index contributed by atoms with van der Waals surface area (Å²) in [5.74, 6) is 0.564. The number of halogens is 1. The van der Waals surface area contributed by atoms with Crippen molar-refractivity contribution in [3.05, 3.63) is 87.9 Å². The summed E-state index contributed by atoms with van der Waals surface area (Å²) < 4.78 is 18.6. The third-order valence-electron chi connectivity index (χ3n) is 5.47. The minimum absolute atomic E-state index is 0.00753. The number of amides is 1. The Hall–Kier alpha value is -2.70. The van der Waals surface area contributed by atoms with Gasteiger partial charge in [-0.25, -0.2) is 4.39 Å². The van der Waals surface area contributed by atoms with Crippen LogP contribution >= 0.6 is 11.3 Å². The molecule has 1 heterocycles. The topological polar surface area (TPSA) is 42.8 Å². The summed E-state index contributed by atoms with van der Waals surface area (Å²) in [6, 6.07) is 18.6. The fraction of sp³-hybridized carbons (Fsp3) is 0.292. The third kappa shape index (κ3) is 5.26. The van der Waals surface area contributed by atoms with Crippen LogP contribution in [-0.4, -0.2) is 25.6 Å². The number of nitrogens with one attached hydrogen (secondary N) is 2. The molecule has 1 saturated carbocycles. The van der Waals surface area contributed by atoms with E-state index in [1.54, 1.807) is 30.6 Å². The molecule has 0 spiro atoms. The molecule has 2 atom stereocenters. The van der Waals surface area contributed by atoms with E-state index in [0.717, 1.165) is 35.6 Å². The van der Waals surface area contributed by atoms with Gasteiger partial charge in [0.25, 0.3) is 5.91 Å². The lowest BCUT2D eigenvalue weighted by Crippen LogP contribution is -3.13. The molecule has 4 rings (SSSR count). The second kappa shape index (κ2) is 9.41. The highest BCUT2D eigenvalue weighted by Crippen LogP contribution is 2.26. The van der Waals surface area contributed by atoms with Gasteiger partial charge >= 0.3 is 0 Å². The van der Waals surface area contributed by atoms with Crippen LogP contribution in [-0.2, 0) is 11.3 Å². The smallest absolute Gasteiger partial charge is 0.275 e. The van der Waals surface area contributed by atoms with Gasteiger partial charge in [0.1, 0.15) is 18.1 Å². The summed E-state index contributed by atoms with van der Waals surface area (Å²) in [4.78, 5) is 15.3. The normalized spacial score (nSPS) is 15.4. The number of benzene rings is 2. The Morgan fingerprint density at radius 2 is 1.90 bits per heavy atom. The fourth-order valence-electron chi connectivity index (χ4n) is 3.70. The Bertz CT molecular complexity index is 954. The predicted molar refractivity (Wildman–Crippen MR) is 116 cm³/mol. The largest absolute Gasteiger partial charge is 0.497 e. The third-order valence-corrected chi connectivity index (χ3v) is 6.41. The van der Waals surface area contributed by atoms with Crippen molar-refractivity contribution in [3.63, 3.8) is 0 Å². The summed E-state index contributed by atoms with van der Waals surface area (Å²) >= 11 is 1.59. The number of hydrogen-bond acceptors (Lipinski definition) is 3. The van der Waals surface area contributed by atoms with E-state index in [1.165, 1.54) is 22.6 Å². The van der Waals surface area contributed by atoms with Crippen LogP contribution in [0.4, 0.5) is 4.39 Å². The van der Waals surface area contributed by atoms with Crippen molar-refractivity contribution in [2.45, 2.75) is 31.5 Å². The van der Waals surface area contributed by atoms with Crippen LogP contribution in [0.5, 0.6) is 5.75 Å². The van der Waals surface area contributed by atoms with Crippen LogP contribution in [0.1, 0.15) is 34.9 Å². The summed E-state index contributed by atoms with van der Waals surface area (Å²) in [5, 5.41) is 5.17. The lowest BCUT2D eigenvalue weighted by atomic mass is 10.1. The first-order valence-electron chi connectivity index (χ1n) is 10.2. The maximum atomic E-state index is 13.4. The Labute approximate surface area is 180 Å². The van der Waals surface area contributed by atoms with Gasteiger partial charge in [0.2, 0.25) is 0 Å². The molecule has 2 N–H and O–H groups in total. The van der Waals surface area contributed by atoms with E-state index >= 15 is 0 Å². The standard InChI is InChI=1S/C24H25FN2O2S/c1-29-21-12-4-17(5-13-21)15-27(20-10-11-20)16-23(28)26-24(22-3-2-14-30-22)18-6-8-19(25)9-7-18/h2-9,12-14,20,24H,10-11,15-16H2,1H3,(H,26,28)/p+1/t24-/m1/s1. The van der Waals surface area contributed by atoms with Crippen LogP contribution < -0.4 is 15.0 Å². The molecule has 2 aromatic carbocycles. The number of thiophene rings is 1. The molecule has 156 valence electrons. The molecule has 1 aromatic heterocycles. The van der Waals surface area contributed by atoms with E-state index in [-0.39, 0.29) is 17.8 Å². The van der Waals surface area contributed by atoms with Crippen LogP contribution in [0, 0.1) is 5.82 Å². The number of carbonyl (C=O) groups excluding carboxylic acids is 1. The lowest BCUT2D eigenvalue weighted by molar-refractivity contribution is -0.917. The number of ether oxygens (including phenoxy) is 1. The molecule has 0 bridgehead atoms. The molecule has 1 amide bonds. The number of hydrogen-bond donors (Lipinski definition) is 2. The van der Waals surface area contributed by atoms with Crippen LogP contribution in [0.3, 0.4) is 0 Å². The van der Waals surface area contributed by atoms with Crippen LogP contribution in [0.15, 0.2) is 66.0 Å². The lowest BCUT2D eigenvalue weighted by Gasteiger charge is -2.22. The average Bonchev–Trinajstić information content (AvgIpc) is 3.47. The molecule has 4 nitrogen and oxygen atoms in total. The van der Waals surface area contributed by atoms with E-state index < -0.39 is 0 Å². The highest BCUT2D eigenvalue weighted by Gasteiger charge is 2.35. The molecule has 6 heteroatoms. The zero-order valence-corrected chi connectivity index (χ0v) is 17.8. The SMILES string of the molecule is COc1ccc(C[NH+](CC(=O)N[C@H](c2ccc(F)cc2)c2cccs2)C2CC2)cc1. The number of quaternary nitrogens is 1. The molecule has 1 fully saturated rings. The van der Waals surface area contributed by atoms with Crippen molar-refractivity contribution in [1.29, 1.82) is 0 Å². The molecular weight excluding hydrogens is 399 g/mol. The molecular formula is C24H26FN2O2S+. The molecule has 1 aliphatic rings. The zero-order chi connectivity index (χ0) is 20.9. The minimum Gasteiger partial charge on any atom is -0.497 e. The molecule has 0 radical (unpaired) electrons. The Morgan fingerprint density at radius 3 is 2.50 bits per heavy atom. The number of carbonyl (C=O) groups is 1. The van der Waals surface area contributed by atoms with Gasteiger partial charge in [0, 0.05) is 23.3 Å². The summed E-state index contributed by atoms with van der Waals surface area (Å²) in [6.07, 6.45) is 2.32. The van der Waals surface area contributed by atoms with Gasteiger partial charge in [-0.2, -0.15) is 0 Å². The summed E-state index contributed by atoms with van der Waals surface area (Å²) in [5.41, 5.74) is 2.08. The second-order valence-corrected chi connectivity index (χ2v) is 8.68. The van der Waals surface area contributed by atoms with Gasteiger partial charge in [0.05, 0.1) is 19.2 Å². The number of rotatable bonds is 9. The maximum Gasteiger partial charge on any atom is 0.275 e. The van der Waals surface area contributed by atoms with E-state index in [4.69, 9.17) is 4.74 Å². The van der Waals surface area contributed by atoms with Gasteiger partial charge in [-0.3, -0.25) is 4.79 Å². The molecule has 1 unspecified atom stereocenters. The first-order valence-corrected chi connectivity index (χ1v) is 11.1. The van der Waals surface area contributed by atoms with E-state index in [1.807, 2.05) is 29.6 Å². The molecule has 0 saturated heterocycles. The average molecular weight is 426 g/mol. The van der Waals surface area contributed by atoms with Crippen molar-refractivity contribution in [2.75, 3.05) is 13.7 Å². The first-order chi connectivity index (χ1) is 14.6. The van der Waals surface area contributed by atoms with Crippen LogP contribution in [0.25, 0.3) is 0 Å². The Morgan fingerprint density at radius 1 is 1.17 bits per heavy atom. The summed E-state index contributed by atoms with van der Waals surface area (Å²) in [6.45, 7) is 1.22. The Kier molecular flexibility index (Phi) is 6.45. The molecule has 30 heavy (non-hydrogen) atoms. The fourth-order valence-corrected chi connectivity index (χ4v) is 4.50. The quantitative estimate of drug-likeness (QED) is 0.552. The molecule has 1 aliphatic carbocycles. The molecule has 3 aromatic rings. The first kappa shape index (κ1) is 20.6. The van der Waals surface area contributed by atoms with E-state index in [0.29, 0.717) is 12.6 Å². The highest BCUT2D eigenvalue weighted by atomic mass is 32.1. The predicted octanol–water partition coefficient (Wildman–Crippen LogP) is 3.35. The second-order valence-electron chi connectivity index (χ2n) is 7.70. The van der Waals surface area contributed by atoms with Gasteiger partial charge in [-0.15, -0.1) is 11.3 Å². The number of methoxy groups -OCH3 is 1. The minimum atomic E-state index is -0.279. The van der Waals surface area contributed by atoms with Gasteiger partial charge in [-0.05, 0) is 53.4 Å². The van der Waals surface area contributed by atoms with Gasteiger partial charge in [-0.1, -0.05) is 18.2 Å². The van der Waals surface area contributed by atoms with E-state index in [9.17, 15) is 9.18 Å². The van der Waals surface area contributed by atoms with E-state index in [2.05, 4.69) is 17.4 Å². The van der Waals surface area contributed by atoms with Crippen molar-refractivity contribution in [3.8, 4) is 5.75 Å². The maximum absolute atomic E-state index is 13.4. The van der Waals surface area contributed by atoms with Crippen molar-refractivity contribution in [1.82, 2.24) is 5.32 Å². The zero-order valence-electron chi connectivity index (χ0n) is 16.9. The monoisotopic (exact) mass is 425 g/mol. The van der Waals surface area contributed by atoms with Crippen molar-refractivity contribution >= 4 is 17.2 Å². The van der Waals surface area contributed by atoms with Gasteiger partial charge < -0.3 is 15.0 Å². The van der Waals surface area contributed by atoms with Crippen molar-refractivity contribution < 1.29 is 18.8 Å². The van der Waals surface area contributed by atoms with Crippen LogP contribution in [0.2, 0.25) is 0 Å². The van der Waals surface area contributed by atoms with Crippen molar-refractivity contribution in [2.24, 2.45) is 0 Å².